The lowest BCUT2D eigenvalue weighted by Crippen LogP contribution is -2.54. The molecule has 2 heterocycles. The highest BCUT2D eigenvalue weighted by atomic mass is 16.8. The molecule has 0 aromatic heterocycles. The van der Waals surface area contributed by atoms with Crippen LogP contribution in [0.5, 0.6) is 0 Å². The van der Waals surface area contributed by atoms with Crippen LogP contribution >= 0.6 is 0 Å². The van der Waals surface area contributed by atoms with Crippen LogP contribution in [0.15, 0.2) is 30.3 Å². The van der Waals surface area contributed by atoms with Gasteiger partial charge in [0.2, 0.25) is 0 Å². The molecule has 8 nitrogen and oxygen atoms in total. The topological polar surface area (TPSA) is 97.7 Å². The molecule has 1 aromatic carbocycles. The molecule has 8 heteroatoms. The van der Waals surface area contributed by atoms with E-state index in [1.165, 1.54) is 4.90 Å². The molecule has 2 N–H and O–H groups in total. The van der Waals surface area contributed by atoms with E-state index in [9.17, 15) is 15.0 Å². The van der Waals surface area contributed by atoms with Gasteiger partial charge in [-0.2, -0.15) is 0 Å². The number of hydrogen-bond donors (Lipinski definition) is 2. The summed E-state index contributed by atoms with van der Waals surface area (Å²) >= 11 is 0. The van der Waals surface area contributed by atoms with Gasteiger partial charge in [0.15, 0.2) is 5.79 Å². The van der Waals surface area contributed by atoms with Gasteiger partial charge >= 0.3 is 6.09 Å². The highest BCUT2D eigenvalue weighted by Crippen LogP contribution is 2.34. The van der Waals surface area contributed by atoms with Gasteiger partial charge in [-0.3, -0.25) is 4.90 Å². The number of ether oxygens (including phenoxy) is 4. The van der Waals surface area contributed by atoms with Crippen LogP contribution in [0.3, 0.4) is 0 Å². The highest BCUT2D eigenvalue weighted by Gasteiger charge is 2.51. The number of likely N-dealkylation sites (tertiary alicyclic amines) is 1. The summed E-state index contributed by atoms with van der Waals surface area (Å²) in [5.74, 6) is -0.912. The molecular weight excluding hydrogens is 378 g/mol. The minimum absolute atomic E-state index is 0.211. The Kier molecular flexibility index (Phi) is 7.13. The summed E-state index contributed by atoms with van der Waals surface area (Å²) < 4.78 is 22.7. The van der Waals surface area contributed by atoms with E-state index in [4.69, 9.17) is 18.9 Å². The standard InChI is InChI=1S/C21H31NO7/c1-4-27-20(25)22-11-10-15(23)17(22)18(24)19-16(28-21(2,3)29-19)13-26-12-14-8-6-5-7-9-14/h5-9,15-19,23-24H,4,10-13H2,1-3H3/t15-,16-,17-,18-,19+/m0/s1. The highest BCUT2D eigenvalue weighted by molar-refractivity contribution is 5.68. The molecule has 0 saturated carbocycles. The van der Waals surface area contributed by atoms with Crippen LogP contribution in [0.1, 0.15) is 32.8 Å². The number of aliphatic hydroxyl groups is 2. The molecule has 1 aromatic rings. The number of amides is 1. The van der Waals surface area contributed by atoms with Gasteiger partial charge in [-0.05, 0) is 32.8 Å². The van der Waals surface area contributed by atoms with Crippen LogP contribution < -0.4 is 0 Å². The van der Waals surface area contributed by atoms with Crippen LogP contribution in [0.25, 0.3) is 0 Å². The second-order valence-corrected chi connectivity index (χ2v) is 7.87. The number of rotatable bonds is 7. The molecule has 5 atom stereocenters. The molecule has 2 aliphatic heterocycles. The fourth-order valence-corrected chi connectivity index (χ4v) is 3.97. The van der Waals surface area contributed by atoms with Gasteiger partial charge < -0.3 is 29.2 Å². The van der Waals surface area contributed by atoms with Gasteiger partial charge in [-0.15, -0.1) is 0 Å². The van der Waals surface area contributed by atoms with Crippen molar-refractivity contribution in [2.45, 2.75) is 70.0 Å². The summed E-state index contributed by atoms with van der Waals surface area (Å²) in [5, 5.41) is 21.5. The van der Waals surface area contributed by atoms with Crippen LogP contribution in [-0.4, -0.2) is 77.2 Å². The SMILES string of the molecule is CCOC(=O)N1CC[C@H](O)[C@H]1[C@H](O)[C@@H]1OC(C)(C)O[C@H]1COCc1ccccc1. The minimum Gasteiger partial charge on any atom is -0.450 e. The molecule has 0 unspecified atom stereocenters. The molecule has 162 valence electrons. The number of aliphatic hydroxyl groups excluding tert-OH is 2. The number of benzene rings is 1. The zero-order chi connectivity index (χ0) is 21.0. The normalized spacial score (nSPS) is 29.8. The van der Waals surface area contributed by atoms with Crippen molar-refractivity contribution >= 4 is 6.09 Å². The van der Waals surface area contributed by atoms with E-state index >= 15 is 0 Å². The lowest BCUT2D eigenvalue weighted by Gasteiger charge is -2.33. The van der Waals surface area contributed by atoms with Crippen molar-refractivity contribution in [1.29, 1.82) is 0 Å². The lowest BCUT2D eigenvalue weighted by atomic mass is 9.97. The Morgan fingerprint density at radius 3 is 2.72 bits per heavy atom. The summed E-state index contributed by atoms with van der Waals surface area (Å²) in [6.45, 7) is 6.39. The van der Waals surface area contributed by atoms with Crippen molar-refractivity contribution in [2.75, 3.05) is 19.8 Å². The predicted molar refractivity (Wildman–Crippen MR) is 104 cm³/mol. The maximum atomic E-state index is 12.2. The molecule has 0 radical (unpaired) electrons. The van der Waals surface area contributed by atoms with E-state index in [0.29, 0.717) is 19.6 Å². The molecule has 0 bridgehead atoms. The monoisotopic (exact) mass is 409 g/mol. The first-order valence-electron chi connectivity index (χ1n) is 10.1. The molecule has 1 amide bonds. The third kappa shape index (κ3) is 5.26. The van der Waals surface area contributed by atoms with E-state index in [0.717, 1.165) is 5.56 Å². The maximum Gasteiger partial charge on any atom is 0.410 e. The van der Waals surface area contributed by atoms with Crippen molar-refractivity contribution in [3.8, 4) is 0 Å². The van der Waals surface area contributed by atoms with Crippen molar-refractivity contribution < 1.29 is 34.0 Å². The zero-order valence-corrected chi connectivity index (χ0v) is 17.2. The van der Waals surface area contributed by atoms with Crippen LogP contribution in [-0.2, 0) is 25.6 Å². The summed E-state index contributed by atoms with van der Waals surface area (Å²) in [5.41, 5.74) is 1.03. The molecule has 29 heavy (non-hydrogen) atoms. The zero-order valence-electron chi connectivity index (χ0n) is 17.2. The van der Waals surface area contributed by atoms with E-state index in [-0.39, 0.29) is 13.2 Å². The summed E-state index contributed by atoms with van der Waals surface area (Å²) in [6.07, 6.45) is -3.50. The van der Waals surface area contributed by atoms with Gasteiger partial charge in [0.25, 0.3) is 0 Å². The molecular formula is C21H31NO7. The molecule has 2 saturated heterocycles. The number of carbonyl (C=O) groups is 1. The van der Waals surface area contributed by atoms with Crippen LogP contribution in [0, 0.1) is 0 Å². The number of hydrogen-bond acceptors (Lipinski definition) is 7. The van der Waals surface area contributed by atoms with Crippen LogP contribution in [0.4, 0.5) is 4.79 Å². The average Bonchev–Trinajstić information content (AvgIpc) is 3.21. The Bertz CT molecular complexity index is 668. The average molecular weight is 409 g/mol. The first kappa shape index (κ1) is 22.0. The fraction of sp³-hybridized carbons (Fsp3) is 0.667. The van der Waals surface area contributed by atoms with E-state index in [1.54, 1.807) is 20.8 Å². The van der Waals surface area contributed by atoms with E-state index in [1.807, 2.05) is 30.3 Å². The summed E-state index contributed by atoms with van der Waals surface area (Å²) in [7, 11) is 0. The molecule has 3 rings (SSSR count). The molecule has 0 aliphatic carbocycles. The van der Waals surface area contributed by atoms with E-state index in [2.05, 4.69) is 0 Å². The summed E-state index contributed by atoms with van der Waals surface area (Å²) in [6, 6.07) is 8.93. The number of nitrogens with zero attached hydrogens (tertiary/aromatic N) is 1. The quantitative estimate of drug-likeness (QED) is 0.707. The third-order valence-electron chi connectivity index (χ3n) is 5.22. The predicted octanol–water partition coefficient (Wildman–Crippen LogP) is 1.68. The fourth-order valence-electron chi connectivity index (χ4n) is 3.97. The number of carbonyl (C=O) groups excluding carboxylic acids is 1. The summed E-state index contributed by atoms with van der Waals surface area (Å²) in [4.78, 5) is 13.6. The Hall–Kier alpha value is -1.71. The van der Waals surface area contributed by atoms with Gasteiger partial charge in [-0.1, -0.05) is 30.3 Å². The van der Waals surface area contributed by atoms with Crippen molar-refractivity contribution in [3.63, 3.8) is 0 Å². The maximum absolute atomic E-state index is 12.2. The minimum atomic E-state index is -1.15. The second kappa shape index (κ2) is 9.40. The largest absolute Gasteiger partial charge is 0.450 e. The Morgan fingerprint density at radius 2 is 2.03 bits per heavy atom. The van der Waals surface area contributed by atoms with E-state index < -0.39 is 42.3 Å². The van der Waals surface area contributed by atoms with Crippen molar-refractivity contribution in [3.05, 3.63) is 35.9 Å². The van der Waals surface area contributed by atoms with Gasteiger partial charge in [0.05, 0.1) is 32.0 Å². The molecule has 2 fully saturated rings. The Labute approximate surface area is 171 Å². The second-order valence-electron chi connectivity index (χ2n) is 7.87. The Morgan fingerprint density at radius 1 is 1.31 bits per heavy atom. The smallest absolute Gasteiger partial charge is 0.410 e. The van der Waals surface area contributed by atoms with Gasteiger partial charge in [0, 0.05) is 6.54 Å². The molecule has 2 aliphatic rings. The Balaban J connectivity index is 1.67. The van der Waals surface area contributed by atoms with Crippen molar-refractivity contribution in [2.24, 2.45) is 0 Å². The third-order valence-corrected chi connectivity index (χ3v) is 5.22. The lowest BCUT2D eigenvalue weighted by molar-refractivity contribution is -0.162. The first-order chi connectivity index (χ1) is 13.8. The van der Waals surface area contributed by atoms with Gasteiger partial charge in [-0.25, -0.2) is 4.79 Å². The van der Waals surface area contributed by atoms with Gasteiger partial charge in [0.1, 0.15) is 18.3 Å². The van der Waals surface area contributed by atoms with Crippen LogP contribution in [0.2, 0.25) is 0 Å². The molecule has 0 spiro atoms. The van der Waals surface area contributed by atoms with Crippen molar-refractivity contribution in [1.82, 2.24) is 4.90 Å². The first-order valence-corrected chi connectivity index (χ1v) is 10.1.